The first-order chi connectivity index (χ1) is 18.6. The molecular formula is C31H45N3O4S. The molecule has 0 unspecified atom stereocenters. The molecule has 0 spiro atoms. The van der Waals surface area contributed by atoms with E-state index in [1.807, 2.05) is 69.3 Å². The van der Waals surface area contributed by atoms with Crippen molar-refractivity contribution >= 4 is 27.5 Å². The van der Waals surface area contributed by atoms with Crippen LogP contribution in [0.15, 0.2) is 48.5 Å². The monoisotopic (exact) mass is 555 g/mol. The second-order valence-corrected chi connectivity index (χ2v) is 12.8. The molecule has 0 bridgehead atoms. The van der Waals surface area contributed by atoms with E-state index in [-0.39, 0.29) is 30.8 Å². The van der Waals surface area contributed by atoms with Gasteiger partial charge in [-0.15, -0.1) is 0 Å². The van der Waals surface area contributed by atoms with Crippen LogP contribution in [0, 0.1) is 13.8 Å². The Morgan fingerprint density at radius 3 is 2.21 bits per heavy atom. The molecule has 1 aliphatic carbocycles. The van der Waals surface area contributed by atoms with Gasteiger partial charge in [-0.25, -0.2) is 8.42 Å². The summed E-state index contributed by atoms with van der Waals surface area (Å²) < 4.78 is 26.6. The molecule has 7 nitrogen and oxygen atoms in total. The average Bonchev–Trinajstić information content (AvgIpc) is 2.88. The molecule has 0 radical (unpaired) electrons. The van der Waals surface area contributed by atoms with Crippen molar-refractivity contribution in [2.75, 3.05) is 23.7 Å². The van der Waals surface area contributed by atoms with Crippen molar-refractivity contribution in [1.82, 2.24) is 10.2 Å². The predicted octanol–water partition coefficient (Wildman–Crippen LogP) is 5.15. The largest absolute Gasteiger partial charge is 0.352 e. The van der Waals surface area contributed by atoms with Crippen molar-refractivity contribution in [1.29, 1.82) is 0 Å². The Hall–Kier alpha value is -2.87. The lowest BCUT2D eigenvalue weighted by atomic mass is 9.95. The van der Waals surface area contributed by atoms with Crippen molar-refractivity contribution in [3.63, 3.8) is 0 Å². The Labute approximate surface area is 235 Å². The van der Waals surface area contributed by atoms with Crippen LogP contribution in [0.4, 0.5) is 5.69 Å². The SMILES string of the molecule is CC[C@H](C(=O)NC1CCCCC1)N(CCc1ccccc1)C(=O)CCCN(c1cc(C)cc(C)c1)S(C)(=O)=O. The van der Waals surface area contributed by atoms with Gasteiger partial charge in [0.15, 0.2) is 0 Å². The molecule has 1 aliphatic rings. The van der Waals surface area contributed by atoms with Crippen LogP contribution in [-0.2, 0) is 26.0 Å². The summed E-state index contributed by atoms with van der Waals surface area (Å²) in [5.41, 5.74) is 3.69. The highest BCUT2D eigenvalue weighted by atomic mass is 32.2. The highest BCUT2D eigenvalue weighted by molar-refractivity contribution is 7.92. The van der Waals surface area contributed by atoms with Gasteiger partial charge in [0.2, 0.25) is 21.8 Å². The second kappa shape index (κ2) is 14.5. The summed E-state index contributed by atoms with van der Waals surface area (Å²) in [4.78, 5) is 28.7. The van der Waals surface area contributed by atoms with E-state index in [9.17, 15) is 18.0 Å². The average molecular weight is 556 g/mol. The summed E-state index contributed by atoms with van der Waals surface area (Å²) in [6, 6.07) is 15.3. The van der Waals surface area contributed by atoms with Crippen molar-refractivity contribution in [3.05, 3.63) is 65.2 Å². The third-order valence-electron chi connectivity index (χ3n) is 7.47. The molecule has 3 rings (SSSR count). The van der Waals surface area contributed by atoms with Gasteiger partial charge >= 0.3 is 0 Å². The molecule has 1 N–H and O–H groups in total. The Morgan fingerprint density at radius 1 is 0.974 bits per heavy atom. The number of rotatable bonds is 13. The van der Waals surface area contributed by atoms with Crippen molar-refractivity contribution in [2.45, 2.75) is 90.6 Å². The molecule has 2 aromatic carbocycles. The molecule has 1 saturated carbocycles. The van der Waals surface area contributed by atoms with Gasteiger partial charge in [-0.2, -0.15) is 0 Å². The molecule has 214 valence electrons. The lowest BCUT2D eigenvalue weighted by molar-refractivity contribution is -0.141. The number of aryl methyl sites for hydroxylation is 2. The standard InChI is InChI=1S/C31H45N3O4S/c1-5-29(31(36)32-27-15-10-7-11-16-27)33(20-18-26-13-8-6-9-14-26)30(35)17-12-19-34(39(4,37)38)28-22-24(2)21-25(3)23-28/h6,8-9,13-14,21-23,27,29H,5,7,10-12,15-20H2,1-4H3,(H,32,36)/t29-/m1/s1. The predicted molar refractivity (Wildman–Crippen MR) is 158 cm³/mol. The van der Waals surface area contributed by atoms with Crippen molar-refractivity contribution < 1.29 is 18.0 Å². The number of benzene rings is 2. The number of carbonyl (C=O) groups excluding carboxylic acids is 2. The maximum atomic E-state index is 13.6. The summed E-state index contributed by atoms with van der Waals surface area (Å²) in [5, 5.41) is 3.21. The number of carbonyl (C=O) groups is 2. The minimum absolute atomic E-state index is 0.0844. The molecule has 0 aliphatic heterocycles. The van der Waals surface area contributed by atoms with Crippen molar-refractivity contribution in [3.8, 4) is 0 Å². The number of anilines is 1. The van der Waals surface area contributed by atoms with Gasteiger partial charge in [0.05, 0.1) is 11.9 Å². The number of sulfonamides is 1. The molecule has 2 aromatic rings. The smallest absolute Gasteiger partial charge is 0.243 e. The fraction of sp³-hybridized carbons (Fsp3) is 0.548. The van der Waals surface area contributed by atoms with E-state index in [0.29, 0.717) is 31.5 Å². The highest BCUT2D eigenvalue weighted by Crippen LogP contribution is 2.23. The van der Waals surface area contributed by atoms with Crippen LogP contribution in [0.5, 0.6) is 0 Å². The Morgan fingerprint density at radius 2 is 1.62 bits per heavy atom. The summed E-state index contributed by atoms with van der Waals surface area (Å²) in [5.74, 6) is -0.204. The first-order valence-corrected chi connectivity index (χ1v) is 16.1. The zero-order valence-corrected chi connectivity index (χ0v) is 24.8. The van der Waals surface area contributed by atoms with Gasteiger partial charge in [-0.1, -0.05) is 62.6 Å². The molecule has 0 saturated heterocycles. The molecular weight excluding hydrogens is 510 g/mol. The van der Waals surface area contributed by atoms with Gasteiger partial charge in [-0.3, -0.25) is 13.9 Å². The maximum absolute atomic E-state index is 13.6. The van der Waals surface area contributed by atoms with E-state index in [2.05, 4.69) is 5.32 Å². The van der Waals surface area contributed by atoms with Crippen molar-refractivity contribution in [2.24, 2.45) is 0 Å². The Balaban J connectivity index is 1.73. The zero-order chi connectivity index (χ0) is 28.4. The third-order valence-corrected chi connectivity index (χ3v) is 8.66. The van der Waals surface area contributed by atoms with E-state index >= 15 is 0 Å². The summed E-state index contributed by atoms with van der Waals surface area (Å²) >= 11 is 0. The van der Waals surface area contributed by atoms with E-state index in [1.54, 1.807) is 4.90 Å². The number of amides is 2. The van der Waals surface area contributed by atoms with Crippen LogP contribution in [0.25, 0.3) is 0 Å². The van der Waals surface area contributed by atoms with E-state index in [0.717, 1.165) is 42.4 Å². The van der Waals surface area contributed by atoms with Crippen LogP contribution >= 0.6 is 0 Å². The van der Waals surface area contributed by atoms with Crippen LogP contribution in [0.3, 0.4) is 0 Å². The minimum Gasteiger partial charge on any atom is -0.352 e. The lowest BCUT2D eigenvalue weighted by Crippen LogP contribution is -2.52. The van der Waals surface area contributed by atoms with Gasteiger partial charge in [0.1, 0.15) is 6.04 Å². The van der Waals surface area contributed by atoms with Crippen LogP contribution in [-0.4, -0.2) is 56.6 Å². The van der Waals surface area contributed by atoms with Crippen LogP contribution in [0.2, 0.25) is 0 Å². The van der Waals surface area contributed by atoms with Crippen LogP contribution < -0.4 is 9.62 Å². The quantitative estimate of drug-likeness (QED) is 0.370. The van der Waals surface area contributed by atoms with Gasteiger partial charge in [0.25, 0.3) is 0 Å². The number of hydrogen-bond acceptors (Lipinski definition) is 4. The van der Waals surface area contributed by atoms with Gasteiger partial charge in [-0.05, 0) is 74.8 Å². The van der Waals surface area contributed by atoms with E-state index in [4.69, 9.17) is 0 Å². The number of nitrogens with one attached hydrogen (secondary N) is 1. The summed E-state index contributed by atoms with van der Waals surface area (Å²) in [7, 11) is -3.52. The first kappa shape index (κ1) is 30.7. The topological polar surface area (TPSA) is 86.8 Å². The second-order valence-electron chi connectivity index (χ2n) is 10.9. The summed E-state index contributed by atoms with van der Waals surface area (Å²) in [6.07, 6.45) is 8.32. The Kier molecular flexibility index (Phi) is 11.4. The number of nitrogens with zero attached hydrogens (tertiary/aromatic N) is 2. The Bertz CT molecular complexity index is 1170. The molecule has 0 aromatic heterocycles. The molecule has 2 amide bonds. The van der Waals surface area contributed by atoms with E-state index < -0.39 is 16.1 Å². The normalized spacial score (nSPS) is 15.0. The van der Waals surface area contributed by atoms with Crippen LogP contribution in [0.1, 0.15) is 75.0 Å². The summed E-state index contributed by atoms with van der Waals surface area (Å²) in [6.45, 7) is 6.46. The fourth-order valence-corrected chi connectivity index (χ4v) is 6.49. The molecule has 39 heavy (non-hydrogen) atoms. The van der Waals surface area contributed by atoms with E-state index in [1.165, 1.54) is 17.0 Å². The highest BCUT2D eigenvalue weighted by Gasteiger charge is 2.30. The zero-order valence-electron chi connectivity index (χ0n) is 24.0. The number of hydrogen-bond donors (Lipinski definition) is 1. The molecule has 1 fully saturated rings. The third kappa shape index (κ3) is 9.38. The maximum Gasteiger partial charge on any atom is 0.243 e. The first-order valence-electron chi connectivity index (χ1n) is 14.3. The lowest BCUT2D eigenvalue weighted by Gasteiger charge is -2.33. The van der Waals surface area contributed by atoms with Gasteiger partial charge in [0, 0.05) is 25.6 Å². The molecule has 1 atom stereocenters. The fourth-order valence-electron chi connectivity index (χ4n) is 5.54. The molecule has 0 heterocycles. The van der Waals surface area contributed by atoms with Gasteiger partial charge < -0.3 is 10.2 Å². The minimum atomic E-state index is -3.52. The molecule has 8 heteroatoms.